The summed E-state index contributed by atoms with van der Waals surface area (Å²) in [6.45, 7) is 8.56. The molecule has 0 unspecified atom stereocenters. The number of aromatic amines is 2. The first-order chi connectivity index (χ1) is 28.5. The number of aromatic nitrogens is 8. The molecule has 19 nitrogen and oxygen atoms in total. The largest absolute Gasteiger partial charge is 0.491 e. The first-order valence-electron chi connectivity index (χ1n) is 19.2. The van der Waals surface area contributed by atoms with E-state index in [1.165, 1.54) is 6.07 Å². The Morgan fingerprint density at radius 1 is 0.746 bits per heavy atom. The van der Waals surface area contributed by atoms with E-state index >= 15 is 0 Å². The van der Waals surface area contributed by atoms with Gasteiger partial charge >= 0.3 is 0 Å². The molecular weight excluding hydrogens is 763 g/mol. The molecule has 0 radical (unpaired) electrons. The third-order valence-corrected chi connectivity index (χ3v) is 9.26. The number of primary amides is 1. The first-order valence-corrected chi connectivity index (χ1v) is 19.2. The van der Waals surface area contributed by atoms with Crippen molar-refractivity contribution in [3.63, 3.8) is 0 Å². The summed E-state index contributed by atoms with van der Waals surface area (Å²) in [6.07, 6.45) is 4.99. The van der Waals surface area contributed by atoms with Crippen LogP contribution < -0.4 is 26.4 Å². The van der Waals surface area contributed by atoms with Crippen LogP contribution in [0.1, 0.15) is 79.8 Å². The molecule has 59 heavy (non-hydrogen) atoms. The lowest BCUT2D eigenvalue weighted by Crippen LogP contribution is -2.22. The van der Waals surface area contributed by atoms with Crippen molar-refractivity contribution >= 4 is 46.1 Å². The molecule has 0 aliphatic heterocycles. The molecule has 6 N–H and O–H groups in total. The van der Waals surface area contributed by atoms with Crippen LogP contribution in [0.4, 0.5) is 0 Å². The fraction of sp³-hybridized carbons (Fsp3) is 0.350. The molecule has 3 amide bonds. The van der Waals surface area contributed by atoms with Gasteiger partial charge in [-0.2, -0.15) is 20.2 Å². The maximum Gasteiger partial charge on any atom is 0.298 e. The van der Waals surface area contributed by atoms with Crippen molar-refractivity contribution in [3.8, 4) is 11.5 Å². The van der Waals surface area contributed by atoms with E-state index < -0.39 is 17.7 Å². The number of aliphatic hydroxyl groups is 2. The van der Waals surface area contributed by atoms with Crippen LogP contribution in [-0.2, 0) is 26.2 Å². The second-order valence-electron chi connectivity index (χ2n) is 13.5. The van der Waals surface area contributed by atoms with Gasteiger partial charge in [-0.25, -0.2) is 0 Å². The molecule has 0 spiro atoms. The lowest BCUT2D eigenvalue weighted by Gasteiger charge is -2.11. The smallest absolute Gasteiger partial charge is 0.298 e. The number of allylic oxidation sites excluding steroid dienone is 2. The number of nitrogens with one attached hydrogen (secondary N) is 2. The summed E-state index contributed by atoms with van der Waals surface area (Å²) in [7, 11) is 0. The highest BCUT2D eigenvalue weighted by molar-refractivity contribution is 5.99. The molecule has 6 aromatic rings. The summed E-state index contributed by atoms with van der Waals surface area (Å²) in [5.74, 6) is -1.16. The molecule has 19 heteroatoms. The predicted octanol–water partition coefficient (Wildman–Crippen LogP) is 2.47. The molecule has 4 aromatic heterocycles. The number of carbonyl (C=O) groups is 4. The molecule has 0 atom stereocenters. The van der Waals surface area contributed by atoms with E-state index in [2.05, 4.69) is 30.2 Å². The molecule has 0 aliphatic carbocycles. The summed E-state index contributed by atoms with van der Waals surface area (Å²) >= 11 is 0. The van der Waals surface area contributed by atoms with Gasteiger partial charge in [0.2, 0.25) is 17.1 Å². The molecular formula is C40H47N11O8. The van der Waals surface area contributed by atoms with Gasteiger partial charge in [0.25, 0.3) is 11.8 Å². The highest BCUT2D eigenvalue weighted by atomic mass is 16.5. The average molecular weight is 810 g/mol. The number of hydrogen-bond acceptors (Lipinski definition) is 10. The van der Waals surface area contributed by atoms with E-state index in [1.807, 2.05) is 26.0 Å². The molecule has 0 bridgehead atoms. The third kappa shape index (κ3) is 9.16. The Morgan fingerprint density at radius 3 is 1.66 bits per heavy atom. The van der Waals surface area contributed by atoms with Crippen LogP contribution in [0.3, 0.4) is 0 Å². The van der Waals surface area contributed by atoms with Gasteiger partial charge in [0.05, 0.1) is 35.6 Å². The number of H-pyrrole nitrogens is 2. The predicted molar refractivity (Wildman–Crippen MR) is 215 cm³/mol. The quantitative estimate of drug-likeness (QED) is 0.0482. The average Bonchev–Trinajstić information content (AvgIpc) is 3.98. The van der Waals surface area contributed by atoms with E-state index in [9.17, 15) is 29.4 Å². The Bertz CT molecular complexity index is 2700. The van der Waals surface area contributed by atoms with Crippen molar-refractivity contribution in [2.75, 3.05) is 26.4 Å². The third-order valence-electron chi connectivity index (χ3n) is 9.26. The summed E-state index contributed by atoms with van der Waals surface area (Å²) in [4.78, 5) is 66.8. The molecule has 6 rings (SSSR count). The number of imidazole rings is 2. The minimum Gasteiger partial charge on any atom is -0.491 e. The van der Waals surface area contributed by atoms with Crippen molar-refractivity contribution < 1.29 is 38.9 Å². The maximum atomic E-state index is 13.6. The van der Waals surface area contributed by atoms with Crippen LogP contribution in [0, 0.1) is 13.8 Å². The van der Waals surface area contributed by atoms with Crippen LogP contribution in [0.2, 0.25) is 0 Å². The van der Waals surface area contributed by atoms with Gasteiger partial charge in [0.1, 0.15) is 40.2 Å². The van der Waals surface area contributed by atoms with Crippen molar-refractivity contribution in [1.82, 2.24) is 38.7 Å². The number of rotatable bonds is 18. The number of benzene rings is 2. The molecule has 4 heterocycles. The number of amides is 3. The molecule has 0 saturated carbocycles. The minimum atomic E-state index is -0.693. The van der Waals surface area contributed by atoms with E-state index in [0.29, 0.717) is 82.7 Å². The molecule has 0 saturated heterocycles. The van der Waals surface area contributed by atoms with E-state index in [1.54, 1.807) is 62.7 Å². The zero-order valence-electron chi connectivity index (χ0n) is 33.3. The standard InChI is InChI=1S/C40H47N11O8/c1-5-50-30(17-24(3)46-50)37(56)44-39-42-28-19-26(23-54)20-32(58-15-9-13-52)34(28)48(39)11-7-8-12-49-35-29(21-27(36(41)55)22-33(35)59-16-10-14-53)43-40(49)45-38(57)31-18-25(4)47-51(31)6-2/h7-8,17-23,52-53H,5-6,9-16H2,1-4H3,(H2,41,55)(H,42,44,56)(H,43,45,57)/b8-7+. The highest BCUT2D eigenvalue weighted by Gasteiger charge is 2.20. The summed E-state index contributed by atoms with van der Waals surface area (Å²) in [5, 5.41) is 27.6. The number of hydrogen-bond donors (Lipinski definition) is 5. The van der Waals surface area contributed by atoms with Gasteiger partial charge in [-0.1, -0.05) is 12.2 Å². The Morgan fingerprint density at radius 2 is 1.22 bits per heavy atom. The van der Waals surface area contributed by atoms with E-state index in [0.717, 1.165) is 0 Å². The Labute approximate surface area is 337 Å². The van der Waals surface area contributed by atoms with E-state index in [4.69, 9.17) is 15.2 Å². The molecule has 0 fully saturated rings. The summed E-state index contributed by atoms with van der Waals surface area (Å²) in [5.41, 5.74) is 10.3. The van der Waals surface area contributed by atoms with Crippen molar-refractivity contribution in [2.24, 2.45) is 15.7 Å². The van der Waals surface area contributed by atoms with Crippen molar-refractivity contribution in [1.29, 1.82) is 0 Å². The summed E-state index contributed by atoms with van der Waals surface area (Å²) < 4.78 is 18.7. The van der Waals surface area contributed by atoms with Gasteiger partial charge < -0.3 is 44.5 Å². The summed E-state index contributed by atoms with van der Waals surface area (Å²) in [6, 6.07) is 9.57. The van der Waals surface area contributed by atoms with E-state index in [-0.39, 0.29) is 67.8 Å². The number of carbonyl (C=O) groups excluding carboxylic acids is 4. The first kappa shape index (κ1) is 41.8. The van der Waals surface area contributed by atoms with Crippen LogP contribution in [0.15, 0.2) is 58.5 Å². The van der Waals surface area contributed by atoms with Crippen molar-refractivity contribution in [3.05, 3.63) is 93.7 Å². The topological polar surface area (TPSA) is 255 Å². The van der Waals surface area contributed by atoms with Gasteiger partial charge in [0.15, 0.2) is 0 Å². The normalized spacial score (nSPS) is 12.4. The van der Waals surface area contributed by atoms with Gasteiger partial charge in [-0.3, -0.25) is 28.5 Å². The fourth-order valence-corrected chi connectivity index (χ4v) is 6.61. The second kappa shape index (κ2) is 18.6. The van der Waals surface area contributed by atoms with Crippen molar-refractivity contribution in [2.45, 2.75) is 66.7 Å². The maximum absolute atomic E-state index is 13.6. The lowest BCUT2D eigenvalue weighted by atomic mass is 10.1. The highest BCUT2D eigenvalue weighted by Crippen LogP contribution is 2.28. The van der Waals surface area contributed by atoms with Gasteiger partial charge in [-0.15, -0.1) is 0 Å². The number of fused-ring (bicyclic) bond motifs is 2. The number of nitrogens with zero attached hydrogens (tertiary/aromatic N) is 8. The number of aryl methyl sites for hydroxylation is 4. The van der Waals surface area contributed by atoms with Crippen LogP contribution in [0.5, 0.6) is 11.5 Å². The number of ether oxygens (including phenoxy) is 2. The number of aliphatic hydroxyl groups excluding tert-OH is 2. The molecule has 2 aromatic carbocycles. The second-order valence-corrected chi connectivity index (χ2v) is 13.5. The monoisotopic (exact) mass is 809 g/mol. The van der Waals surface area contributed by atoms with Crippen LogP contribution in [0.25, 0.3) is 22.1 Å². The van der Waals surface area contributed by atoms with Gasteiger partial charge in [-0.05, 0) is 64.1 Å². The lowest BCUT2D eigenvalue weighted by molar-refractivity contribution is 0.0978. The Hall–Kier alpha value is -6.86. The van der Waals surface area contributed by atoms with Crippen LogP contribution in [-0.4, -0.2) is 99.3 Å². The van der Waals surface area contributed by atoms with Crippen LogP contribution >= 0.6 is 0 Å². The zero-order valence-corrected chi connectivity index (χ0v) is 33.3. The minimum absolute atomic E-state index is 0.0999. The Kier molecular flexibility index (Phi) is 13.2. The molecule has 310 valence electrons. The fourth-order valence-electron chi connectivity index (χ4n) is 6.61. The number of aldehydes is 1. The number of nitrogens with two attached hydrogens (primary N) is 1. The zero-order chi connectivity index (χ0) is 42.2. The SMILES string of the molecule is CCn1nc(C)cc1C(=O)/N=c1\[nH]c2cc(C=O)cc(OCCCO)c2n1C/C=C/Cn1/c(=N/C(=O)c2cc(C)nn2CC)[nH]c2cc(C(N)=O)cc(OCCCO)c21. The Balaban J connectivity index is 1.48. The molecule has 0 aliphatic rings. The van der Waals surface area contributed by atoms with Gasteiger partial charge in [0, 0.05) is 63.4 Å².